The first-order valence-corrected chi connectivity index (χ1v) is 9.88. The summed E-state index contributed by atoms with van der Waals surface area (Å²) in [4.78, 5) is 20.4. The van der Waals surface area contributed by atoms with Crippen LogP contribution in [0.5, 0.6) is 17.2 Å². The van der Waals surface area contributed by atoms with E-state index in [4.69, 9.17) is 37.4 Å². The average Bonchev–Trinajstić information content (AvgIpc) is 2.77. The van der Waals surface area contributed by atoms with Gasteiger partial charge in [0.05, 0.1) is 36.8 Å². The molecular formula is C22H20Cl2N2O4. The van der Waals surface area contributed by atoms with Crippen molar-refractivity contribution in [3.63, 3.8) is 0 Å². The SMILES string of the molecule is COc1ccc(C(C=O)c2c(Cl)cncc2Cl)c(OCCc2ccccn2)c1OC. The molecule has 0 aliphatic heterocycles. The second kappa shape index (κ2) is 10.3. The highest BCUT2D eigenvalue weighted by Gasteiger charge is 2.27. The quantitative estimate of drug-likeness (QED) is 0.441. The van der Waals surface area contributed by atoms with Gasteiger partial charge in [0.2, 0.25) is 5.75 Å². The zero-order valence-corrected chi connectivity index (χ0v) is 18.0. The van der Waals surface area contributed by atoms with Gasteiger partial charge in [-0.05, 0) is 18.2 Å². The fourth-order valence-corrected chi connectivity index (χ4v) is 3.73. The van der Waals surface area contributed by atoms with Gasteiger partial charge in [-0.2, -0.15) is 0 Å². The molecule has 0 fully saturated rings. The van der Waals surface area contributed by atoms with E-state index < -0.39 is 5.92 Å². The standard InChI is InChI=1S/C22H20Cl2N2O4/c1-28-19-7-6-15(16(13-27)20-17(23)11-25-12-18(20)24)21(22(19)29-2)30-10-8-14-5-3-4-9-26-14/h3-7,9,11-13,16H,8,10H2,1-2H3. The molecule has 3 aromatic rings. The number of aromatic nitrogens is 2. The largest absolute Gasteiger partial charge is 0.493 e. The van der Waals surface area contributed by atoms with Crippen LogP contribution in [0.2, 0.25) is 10.0 Å². The third-order valence-electron chi connectivity index (χ3n) is 4.53. The van der Waals surface area contributed by atoms with Crippen molar-refractivity contribution in [2.24, 2.45) is 0 Å². The van der Waals surface area contributed by atoms with E-state index in [-0.39, 0.29) is 10.0 Å². The first-order valence-electron chi connectivity index (χ1n) is 9.12. The fourth-order valence-electron chi connectivity index (χ4n) is 3.13. The number of rotatable bonds is 9. The number of nitrogens with zero attached hydrogens (tertiary/aromatic N) is 2. The van der Waals surface area contributed by atoms with Gasteiger partial charge < -0.3 is 19.0 Å². The summed E-state index contributed by atoms with van der Waals surface area (Å²) in [5.41, 5.74) is 1.89. The van der Waals surface area contributed by atoms with Crippen LogP contribution in [0, 0.1) is 0 Å². The van der Waals surface area contributed by atoms with Crippen molar-refractivity contribution in [1.82, 2.24) is 9.97 Å². The predicted octanol–water partition coefficient (Wildman–Crippen LogP) is 4.75. The van der Waals surface area contributed by atoms with Crippen molar-refractivity contribution in [3.8, 4) is 17.2 Å². The Morgan fingerprint density at radius 1 is 1.03 bits per heavy atom. The highest BCUT2D eigenvalue weighted by Crippen LogP contribution is 2.45. The van der Waals surface area contributed by atoms with Crippen molar-refractivity contribution in [1.29, 1.82) is 0 Å². The van der Waals surface area contributed by atoms with Gasteiger partial charge in [-0.1, -0.05) is 35.3 Å². The molecule has 1 atom stereocenters. The minimum absolute atomic E-state index is 0.286. The minimum Gasteiger partial charge on any atom is -0.493 e. The Kier molecular flexibility index (Phi) is 7.49. The molecule has 30 heavy (non-hydrogen) atoms. The monoisotopic (exact) mass is 446 g/mol. The molecule has 1 aromatic carbocycles. The number of hydrogen-bond donors (Lipinski definition) is 0. The summed E-state index contributed by atoms with van der Waals surface area (Å²) in [5, 5.41) is 0.572. The van der Waals surface area contributed by atoms with Gasteiger partial charge in [0.25, 0.3) is 0 Å². The van der Waals surface area contributed by atoms with Crippen LogP contribution in [0.4, 0.5) is 0 Å². The molecule has 0 saturated heterocycles. The molecule has 2 aromatic heterocycles. The second-order valence-corrected chi connectivity index (χ2v) is 7.08. The molecule has 3 rings (SSSR count). The number of aldehydes is 1. The summed E-state index contributed by atoms with van der Waals surface area (Å²) in [6, 6.07) is 9.13. The molecule has 0 spiro atoms. The number of carbonyl (C=O) groups excluding carboxylic acids is 1. The highest BCUT2D eigenvalue weighted by atomic mass is 35.5. The summed E-state index contributed by atoms with van der Waals surface area (Å²) in [7, 11) is 3.04. The summed E-state index contributed by atoms with van der Waals surface area (Å²) >= 11 is 12.6. The third-order valence-corrected chi connectivity index (χ3v) is 5.14. The molecule has 0 bridgehead atoms. The Balaban J connectivity index is 2.03. The molecule has 0 aliphatic carbocycles. The van der Waals surface area contributed by atoms with Crippen molar-refractivity contribution in [2.75, 3.05) is 20.8 Å². The van der Waals surface area contributed by atoms with E-state index in [9.17, 15) is 4.79 Å². The van der Waals surface area contributed by atoms with E-state index in [0.29, 0.717) is 41.4 Å². The number of halogens is 2. The molecule has 6 nitrogen and oxygen atoms in total. The molecule has 8 heteroatoms. The van der Waals surface area contributed by atoms with Crippen LogP contribution in [0.15, 0.2) is 48.9 Å². The maximum Gasteiger partial charge on any atom is 0.203 e. The first-order chi connectivity index (χ1) is 14.6. The van der Waals surface area contributed by atoms with E-state index in [0.717, 1.165) is 12.0 Å². The first kappa shape index (κ1) is 21.9. The summed E-state index contributed by atoms with van der Waals surface area (Å²) in [6.45, 7) is 0.316. The van der Waals surface area contributed by atoms with E-state index >= 15 is 0 Å². The highest BCUT2D eigenvalue weighted by molar-refractivity contribution is 6.36. The zero-order chi connectivity index (χ0) is 21.5. The molecule has 0 aliphatic rings. The van der Waals surface area contributed by atoms with Crippen molar-refractivity contribution < 1.29 is 19.0 Å². The smallest absolute Gasteiger partial charge is 0.203 e. The van der Waals surface area contributed by atoms with Crippen LogP contribution in [0.1, 0.15) is 22.7 Å². The maximum atomic E-state index is 12.1. The van der Waals surface area contributed by atoms with Crippen LogP contribution in [0.3, 0.4) is 0 Å². The number of carbonyl (C=O) groups is 1. The lowest BCUT2D eigenvalue weighted by Crippen LogP contribution is -2.11. The maximum absolute atomic E-state index is 12.1. The van der Waals surface area contributed by atoms with Gasteiger partial charge in [0, 0.05) is 41.8 Å². The van der Waals surface area contributed by atoms with Crippen LogP contribution in [-0.4, -0.2) is 37.1 Å². The van der Waals surface area contributed by atoms with Gasteiger partial charge >= 0.3 is 0 Å². The van der Waals surface area contributed by atoms with Crippen molar-refractivity contribution in [3.05, 3.63) is 75.8 Å². The van der Waals surface area contributed by atoms with Gasteiger partial charge in [0.1, 0.15) is 6.29 Å². The van der Waals surface area contributed by atoms with Gasteiger partial charge in [-0.3, -0.25) is 9.97 Å². The average molecular weight is 447 g/mol. The van der Waals surface area contributed by atoms with Crippen LogP contribution in [-0.2, 0) is 11.2 Å². The number of ether oxygens (including phenoxy) is 3. The van der Waals surface area contributed by atoms with E-state index in [1.807, 2.05) is 18.2 Å². The molecule has 0 N–H and O–H groups in total. The zero-order valence-electron chi connectivity index (χ0n) is 16.5. The molecule has 0 amide bonds. The Labute approximate surface area is 184 Å². The lowest BCUT2D eigenvalue weighted by molar-refractivity contribution is -0.108. The van der Waals surface area contributed by atoms with E-state index in [1.165, 1.54) is 26.6 Å². The van der Waals surface area contributed by atoms with Crippen LogP contribution in [0.25, 0.3) is 0 Å². The lowest BCUT2D eigenvalue weighted by Gasteiger charge is -2.21. The second-order valence-electron chi connectivity index (χ2n) is 6.27. The van der Waals surface area contributed by atoms with Gasteiger partial charge in [-0.25, -0.2) is 0 Å². The van der Waals surface area contributed by atoms with Crippen LogP contribution < -0.4 is 14.2 Å². The number of methoxy groups -OCH3 is 2. The number of benzene rings is 1. The molecule has 2 heterocycles. The van der Waals surface area contributed by atoms with E-state index in [2.05, 4.69) is 9.97 Å². The van der Waals surface area contributed by atoms with Gasteiger partial charge in [-0.15, -0.1) is 0 Å². The predicted molar refractivity (Wildman–Crippen MR) is 115 cm³/mol. The number of pyridine rings is 2. The van der Waals surface area contributed by atoms with Crippen molar-refractivity contribution >= 4 is 29.5 Å². The Morgan fingerprint density at radius 2 is 1.80 bits per heavy atom. The normalized spacial score (nSPS) is 11.6. The van der Waals surface area contributed by atoms with Crippen LogP contribution >= 0.6 is 23.2 Å². The lowest BCUT2D eigenvalue weighted by atomic mass is 9.92. The Bertz CT molecular complexity index is 995. The number of hydrogen-bond acceptors (Lipinski definition) is 6. The Morgan fingerprint density at radius 3 is 2.40 bits per heavy atom. The fraction of sp³-hybridized carbons (Fsp3) is 0.227. The van der Waals surface area contributed by atoms with Crippen molar-refractivity contribution in [2.45, 2.75) is 12.3 Å². The summed E-state index contributed by atoms with van der Waals surface area (Å²) in [6.07, 6.45) is 5.95. The Hall–Kier alpha value is -2.83. The molecule has 1 unspecified atom stereocenters. The third kappa shape index (κ3) is 4.66. The van der Waals surface area contributed by atoms with E-state index in [1.54, 1.807) is 18.3 Å². The summed E-state index contributed by atoms with van der Waals surface area (Å²) < 4.78 is 17.0. The van der Waals surface area contributed by atoms with Gasteiger partial charge in [0.15, 0.2) is 11.5 Å². The molecule has 156 valence electrons. The molecule has 0 saturated carbocycles. The molecular weight excluding hydrogens is 427 g/mol. The molecule has 0 radical (unpaired) electrons. The summed E-state index contributed by atoms with van der Waals surface area (Å²) in [5.74, 6) is 0.460. The topological polar surface area (TPSA) is 70.5 Å². The minimum atomic E-state index is -0.780.